The minimum Gasteiger partial charge on any atom is -0.353 e. The van der Waals surface area contributed by atoms with E-state index in [0.29, 0.717) is 24.8 Å². The lowest BCUT2D eigenvalue weighted by Crippen LogP contribution is -2.53. The zero-order valence-electron chi connectivity index (χ0n) is 18.2. The molecule has 7 heteroatoms. The Morgan fingerprint density at radius 2 is 2.03 bits per heavy atom. The molecule has 4 rings (SSSR count). The molecule has 6 nitrogen and oxygen atoms in total. The lowest BCUT2D eigenvalue weighted by atomic mass is 9.64. The van der Waals surface area contributed by atoms with Crippen molar-refractivity contribution in [2.45, 2.75) is 76.2 Å². The predicted octanol–water partition coefficient (Wildman–Crippen LogP) is 3.51. The Kier molecular flexibility index (Phi) is 6.49. The van der Waals surface area contributed by atoms with E-state index in [9.17, 15) is 13.2 Å². The van der Waals surface area contributed by atoms with Crippen LogP contribution in [0.4, 0.5) is 0 Å². The fraction of sp³-hybridized carbons (Fsp3) is 0.739. The molecular formula is C23H35N3O3S. The molecule has 0 spiro atoms. The van der Waals surface area contributed by atoms with E-state index in [1.54, 1.807) is 12.1 Å². The summed E-state index contributed by atoms with van der Waals surface area (Å²) in [6.45, 7) is 4.79. The molecule has 1 amide bonds. The van der Waals surface area contributed by atoms with Gasteiger partial charge in [-0.2, -0.15) is 4.31 Å². The van der Waals surface area contributed by atoms with Crippen LogP contribution in [0.25, 0.3) is 0 Å². The van der Waals surface area contributed by atoms with Crippen LogP contribution in [-0.4, -0.2) is 42.7 Å². The minimum absolute atomic E-state index is 0.0457. The third kappa shape index (κ3) is 4.42. The number of nitrogens with one attached hydrogen (secondary N) is 1. The molecule has 0 aromatic carbocycles. The van der Waals surface area contributed by atoms with Crippen LogP contribution in [0.3, 0.4) is 0 Å². The van der Waals surface area contributed by atoms with E-state index in [-0.39, 0.29) is 29.3 Å². The van der Waals surface area contributed by atoms with E-state index >= 15 is 0 Å². The first-order chi connectivity index (χ1) is 14.4. The van der Waals surface area contributed by atoms with Crippen LogP contribution in [0.5, 0.6) is 0 Å². The maximum Gasteiger partial charge on any atom is 0.244 e. The first-order valence-corrected chi connectivity index (χ1v) is 13.1. The SMILES string of the molecule is CCC1CC2CCCC(C2)C1NC(=O)C1CCCN(S(=O)(=O)c2ccc(C)nc2)C1. The van der Waals surface area contributed by atoms with Gasteiger partial charge in [-0.15, -0.1) is 0 Å². The second-order valence-corrected chi connectivity index (χ2v) is 11.5. The van der Waals surface area contributed by atoms with Crippen molar-refractivity contribution in [2.75, 3.05) is 13.1 Å². The molecule has 3 fully saturated rings. The molecule has 5 unspecified atom stereocenters. The first-order valence-electron chi connectivity index (χ1n) is 11.6. The highest BCUT2D eigenvalue weighted by Gasteiger charge is 2.41. The number of hydrogen-bond donors (Lipinski definition) is 1. The molecule has 1 saturated heterocycles. The molecule has 2 saturated carbocycles. The summed E-state index contributed by atoms with van der Waals surface area (Å²) in [5.41, 5.74) is 0.785. The monoisotopic (exact) mass is 433 g/mol. The molecule has 1 aromatic heterocycles. The van der Waals surface area contributed by atoms with Gasteiger partial charge in [0.15, 0.2) is 0 Å². The van der Waals surface area contributed by atoms with Crippen molar-refractivity contribution in [1.29, 1.82) is 0 Å². The van der Waals surface area contributed by atoms with Crippen molar-refractivity contribution in [3.63, 3.8) is 0 Å². The Hall–Kier alpha value is -1.47. The van der Waals surface area contributed by atoms with Gasteiger partial charge in [-0.05, 0) is 68.9 Å². The number of pyridine rings is 1. The Labute approximate surface area is 180 Å². The standard InChI is InChI=1S/C23H35N3O3S/c1-3-18-12-17-6-4-7-19(13-17)22(18)25-23(27)20-8-5-11-26(15-20)30(28,29)21-10-9-16(2)24-14-21/h9-10,14,17-20,22H,3-8,11-13,15H2,1-2H3,(H,25,27). The summed E-state index contributed by atoms with van der Waals surface area (Å²) in [5, 5.41) is 3.39. The van der Waals surface area contributed by atoms with E-state index in [1.807, 2.05) is 6.92 Å². The number of nitrogens with zero attached hydrogens (tertiary/aromatic N) is 2. The molecule has 2 heterocycles. The first kappa shape index (κ1) is 21.8. The summed E-state index contributed by atoms with van der Waals surface area (Å²) >= 11 is 0. The third-order valence-corrected chi connectivity index (χ3v) is 9.43. The molecular weight excluding hydrogens is 398 g/mol. The predicted molar refractivity (Wildman–Crippen MR) is 116 cm³/mol. The zero-order chi connectivity index (χ0) is 21.3. The van der Waals surface area contributed by atoms with Crippen molar-refractivity contribution in [1.82, 2.24) is 14.6 Å². The molecule has 1 N–H and O–H groups in total. The topological polar surface area (TPSA) is 79.4 Å². The van der Waals surface area contributed by atoms with Crippen LogP contribution in [0.1, 0.15) is 64.0 Å². The van der Waals surface area contributed by atoms with Gasteiger partial charge < -0.3 is 5.32 Å². The molecule has 2 bridgehead atoms. The normalized spacial score (nSPS) is 32.5. The summed E-state index contributed by atoms with van der Waals surface area (Å²) < 4.78 is 27.6. The lowest BCUT2D eigenvalue weighted by molar-refractivity contribution is -0.128. The van der Waals surface area contributed by atoms with E-state index in [4.69, 9.17) is 0 Å². The van der Waals surface area contributed by atoms with Crippen LogP contribution < -0.4 is 5.32 Å². The van der Waals surface area contributed by atoms with Gasteiger partial charge in [-0.25, -0.2) is 8.42 Å². The maximum atomic E-state index is 13.2. The van der Waals surface area contributed by atoms with E-state index < -0.39 is 10.0 Å². The van der Waals surface area contributed by atoms with Gasteiger partial charge in [-0.1, -0.05) is 26.2 Å². The summed E-state index contributed by atoms with van der Waals surface area (Å²) in [6.07, 6.45) is 10.3. The van der Waals surface area contributed by atoms with Gasteiger partial charge in [-0.3, -0.25) is 9.78 Å². The average molecular weight is 434 g/mol. The Morgan fingerprint density at radius 3 is 2.77 bits per heavy atom. The summed E-state index contributed by atoms with van der Waals surface area (Å²) in [6, 6.07) is 3.58. The van der Waals surface area contributed by atoms with Crippen LogP contribution in [-0.2, 0) is 14.8 Å². The van der Waals surface area contributed by atoms with Crippen molar-refractivity contribution in [3.8, 4) is 0 Å². The molecule has 30 heavy (non-hydrogen) atoms. The number of piperidine rings is 1. The van der Waals surface area contributed by atoms with Crippen molar-refractivity contribution in [2.24, 2.45) is 23.7 Å². The quantitative estimate of drug-likeness (QED) is 0.771. The number of sulfonamides is 1. The van der Waals surface area contributed by atoms with Crippen LogP contribution in [0.15, 0.2) is 23.2 Å². The van der Waals surface area contributed by atoms with Gasteiger partial charge in [0.05, 0.1) is 5.92 Å². The Balaban J connectivity index is 1.44. The molecule has 166 valence electrons. The highest BCUT2D eigenvalue weighted by atomic mass is 32.2. The molecule has 5 atom stereocenters. The van der Waals surface area contributed by atoms with Crippen molar-refractivity contribution < 1.29 is 13.2 Å². The fourth-order valence-corrected chi connectivity index (χ4v) is 7.37. The Morgan fingerprint density at radius 1 is 1.20 bits per heavy atom. The largest absolute Gasteiger partial charge is 0.353 e. The maximum absolute atomic E-state index is 13.2. The van der Waals surface area contributed by atoms with E-state index in [1.165, 1.54) is 42.6 Å². The highest BCUT2D eigenvalue weighted by Crippen LogP contribution is 2.44. The van der Waals surface area contributed by atoms with Gasteiger partial charge in [0.1, 0.15) is 4.90 Å². The van der Waals surface area contributed by atoms with Crippen LogP contribution >= 0.6 is 0 Å². The third-order valence-electron chi connectivity index (χ3n) is 7.59. The second-order valence-electron chi connectivity index (χ2n) is 9.57. The number of rotatable bonds is 5. The van der Waals surface area contributed by atoms with Crippen LogP contribution in [0.2, 0.25) is 0 Å². The fourth-order valence-electron chi connectivity index (χ4n) is 5.90. The molecule has 0 radical (unpaired) electrons. The van der Waals surface area contributed by atoms with Gasteiger partial charge in [0.2, 0.25) is 15.9 Å². The lowest BCUT2D eigenvalue weighted by Gasteiger charge is -2.46. The summed E-state index contributed by atoms with van der Waals surface area (Å²) in [5.74, 6) is 1.75. The minimum atomic E-state index is -3.62. The van der Waals surface area contributed by atoms with Gasteiger partial charge in [0.25, 0.3) is 0 Å². The zero-order valence-corrected chi connectivity index (χ0v) is 19.0. The summed E-state index contributed by atoms with van der Waals surface area (Å²) in [7, 11) is -3.62. The van der Waals surface area contributed by atoms with Gasteiger partial charge >= 0.3 is 0 Å². The number of fused-ring (bicyclic) bond motifs is 2. The molecule has 1 aromatic rings. The molecule has 1 aliphatic heterocycles. The average Bonchev–Trinajstić information content (AvgIpc) is 2.76. The second kappa shape index (κ2) is 8.95. The number of hydrogen-bond acceptors (Lipinski definition) is 4. The number of aryl methyl sites for hydroxylation is 1. The Bertz CT molecular complexity index is 853. The van der Waals surface area contributed by atoms with E-state index in [2.05, 4.69) is 17.2 Å². The molecule has 2 aliphatic carbocycles. The van der Waals surface area contributed by atoms with Crippen molar-refractivity contribution >= 4 is 15.9 Å². The van der Waals surface area contributed by atoms with Crippen molar-refractivity contribution in [3.05, 3.63) is 24.0 Å². The number of aromatic nitrogens is 1. The van der Waals surface area contributed by atoms with Gasteiger partial charge in [0, 0.05) is 31.0 Å². The van der Waals surface area contributed by atoms with E-state index in [0.717, 1.165) is 24.5 Å². The highest BCUT2D eigenvalue weighted by molar-refractivity contribution is 7.89. The summed E-state index contributed by atoms with van der Waals surface area (Å²) in [4.78, 5) is 17.5. The van der Waals surface area contributed by atoms with Crippen LogP contribution in [0, 0.1) is 30.6 Å². The smallest absolute Gasteiger partial charge is 0.244 e. The number of amides is 1. The molecule has 3 aliphatic rings. The number of carbonyl (C=O) groups excluding carboxylic acids is 1. The number of carbonyl (C=O) groups is 1.